The normalized spacial score (nSPS) is 19.1. The Bertz CT molecular complexity index is 1480. The average molecular weight is 540 g/mol. The van der Waals surface area contributed by atoms with Gasteiger partial charge in [0.15, 0.2) is 0 Å². The molecule has 40 heavy (non-hydrogen) atoms. The fraction of sp³-hybridized carbons (Fsp3) is 0.382. The summed E-state index contributed by atoms with van der Waals surface area (Å²) >= 11 is 0. The number of rotatable bonds is 10. The number of benzene rings is 3. The molecule has 1 aromatic heterocycles. The average Bonchev–Trinajstić information content (AvgIpc) is 3.78. The maximum atomic E-state index is 14.3. The van der Waals surface area contributed by atoms with E-state index in [4.69, 9.17) is 4.74 Å². The third-order valence-electron chi connectivity index (χ3n) is 8.50. The first-order valence-electron chi connectivity index (χ1n) is 14.5. The second kappa shape index (κ2) is 11.9. The fourth-order valence-corrected chi connectivity index (χ4v) is 6.32. The number of carbonyl (C=O) groups excluding carboxylic acids is 1. The topological polar surface area (TPSA) is 46.5 Å². The Morgan fingerprint density at radius 2 is 1.82 bits per heavy atom. The maximum absolute atomic E-state index is 14.3. The first-order chi connectivity index (χ1) is 19.6. The Morgan fingerprint density at radius 1 is 1.02 bits per heavy atom. The van der Waals surface area contributed by atoms with Crippen LogP contribution in [0.1, 0.15) is 42.7 Å². The first-order valence-corrected chi connectivity index (χ1v) is 14.5. The number of amides is 1. The van der Waals surface area contributed by atoms with Crippen molar-refractivity contribution in [1.29, 1.82) is 0 Å². The summed E-state index contributed by atoms with van der Waals surface area (Å²) in [6.45, 7) is 3.81. The van der Waals surface area contributed by atoms with Crippen LogP contribution in [0.25, 0.3) is 22.0 Å². The molecule has 1 saturated carbocycles. The quantitative estimate of drug-likeness (QED) is 0.238. The molecule has 1 N–H and O–H groups in total. The summed E-state index contributed by atoms with van der Waals surface area (Å²) in [5, 5.41) is 4.72. The maximum Gasteiger partial charge on any atom is 0.228 e. The molecule has 1 aliphatic carbocycles. The van der Waals surface area contributed by atoms with Gasteiger partial charge in [0.05, 0.1) is 5.92 Å². The van der Waals surface area contributed by atoms with E-state index in [0.29, 0.717) is 19.1 Å². The summed E-state index contributed by atoms with van der Waals surface area (Å²) in [5.41, 5.74) is 5.43. The molecule has 6 rings (SSSR count). The Labute approximate surface area is 235 Å². The van der Waals surface area contributed by atoms with Gasteiger partial charge in [-0.25, -0.2) is 4.39 Å². The molecule has 1 amide bonds. The Morgan fingerprint density at radius 3 is 2.62 bits per heavy atom. The zero-order valence-electron chi connectivity index (χ0n) is 23.2. The van der Waals surface area contributed by atoms with Crippen molar-refractivity contribution in [3.63, 3.8) is 0 Å². The van der Waals surface area contributed by atoms with Crippen LogP contribution in [0.15, 0.2) is 79.0 Å². The number of piperidine rings is 1. The van der Waals surface area contributed by atoms with Gasteiger partial charge in [0.25, 0.3) is 0 Å². The lowest BCUT2D eigenvalue weighted by atomic mass is 9.79. The van der Waals surface area contributed by atoms with E-state index in [1.54, 1.807) is 19.2 Å². The van der Waals surface area contributed by atoms with Crippen molar-refractivity contribution in [3.05, 3.63) is 95.9 Å². The summed E-state index contributed by atoms with van der Waals surface area (Å²) in [7, 11) is 1.74. The number of fused-ring (bicyclic) bond motifs is 1. The van der Waals surface area contributed by atoms with Crippen LogP contribution in [-0.2, 0) is 22.6 Å². The second-order valence-electron chi connectivity index (χ2n) is 11.3. The van der Waals surface area contributed by atoms with Gasteiger partial charge in [-0.3, -0.25) is 4.79 Å². The van der Waals surface area contributed by atoms with Crippen LogP contribution in [-0.4, -0.2) is 48.2 Å². The number of aromatic nitrogens is 1. The number of carbonyl (C=O) groups is 1. The van der Waals surface area contributed by atoms with E-state index in [0.717, 1.165) is 62.1 Å². The van der Waals surface area contributed by atoms with Gasteiger partial charge in [-0.2, -0.15) is 0 Å². The Kier molecular flexibility index (Phi) is 7.98. The molecule has 0 radical (unpaired) electrons. The molecule has 2 fully saturated rings. The lowest BCUT2D eigenvalue weighted by Gasteiger charge is -2.36. The van der Waals surface area contributed by atoms with Gasteiger partial charge in [0.2, 0.25) is 5.91 Å². The molecule has 0 unspecified atom stereocenters. The molecule has 0 spiro atoms. The highest BCUT2D eigenvalue weighted by Gasteiger charge is 2.40. The monoisotopic (exact) mass is 539 g/mol. The van der Waals surface area contributed by atoms with E-state index in [2.05, 4.69) is 57.4 Å². The molecular weight excluding hydrogens is 501 g/mol. The highest BCUT2D eigenvalue weighted by atomic mass is 19.1. The van der Waals surface area contributed by atoms with Crippen molar-refractivity contribution in [3.8, 4) is 11.1 Å². The van der Waals surface area contributed by atoms with Crippen molar-refractivity contribution in [2.75, 3.05) is 26.8 Å². The summed E-state index contributed by atoms with van der Waals surface area (Å²) < 4.78 is 21.5. The van der Waals surface area contributed by atoms with Gasteiger partial charge in [-0.15, -0.1) is 0 Å². The molecule has 5 nitrogen and oxygen atoms in total. The largest absolute Gasteiger partial charge is 0.385 e. The van der Waals surface area contributed by atoms with E-state index in [1.165, 1.54) is 22.5 Å². The molecule has 1 aliphatic heterocycles. The molecule has 6 heteroatoms. The molecule has 2 aliphatic rings. The third-order valence-corrected chi connectivity index (χ3v) is 8.50. The van der Waals surface area contributed by atoms with Gasteiger partial charge >= 0.3 is 0 Å². The van der Waals surface area contributed by atoms with Crippen molar-refractivity contribution in [1.82, 2.24) is 14.8 Å². The number of ether oxygens (including phenoxy) is 1. The zero-order chi connectivity index (χ0) is 27.5. The fourth-order valence-electron chi connectivity index (χ4n) is 6.32. The zero-order valence-corrected chi connectivity index (χ0v) is 23.2. The minimum atomic E-state index is -0.238. The van der Waals surface area contributed by atoms with Crippen molar-refractivity contribution in [2.45, 2.75) is 50.7 Å². The van der Waals surface area contributed by atoms with E-state index in [1.807, 2.05) is 18.2 Å². The lowest BCUT2D eigenvalue weighted by Crippen LogP contribution is -2.47. The van der Waals surface area contributed by atoms with E-state index in [9.17, 15) is 9.18 Å². The molecular formula is C34H38FN3O2. The van der Waals surface area contributed by atoms with Crippen LogP contribution in [0, 0.1) is 11.7 Å². The molecule has 208 valence electrons. The summed E-state index contributed by atoms with van der Waals surface area (Å²) in [4.78, 5) is 16.5. The minimum absolute atomic E-state index is 0.124. The summed E-state index contributed by atoms with van der Waals surface area (Å²) in [6.07, 6.45) is 6.22. The number of halogens is 1. The number of nitrogens with zero attached hydrogens (tertiary/aromatic N) is 2. The molecule has 3 aromatic carbocycles. The Balaban J connectivity index is 1.27. The number of aryl methyl sites for hydroxylation is 1. The highest BCUT2D eigenvalue weighted by molar-refractivity contribution is 5.86. The molecule has 4 aromatic rings. The molecule has 2 heterocycles. The lowest BCUT2D eigenvalue weighted by molar-refractivity contribution is -0.138. The van der Waals surface area contributed by atoms with Crippen LogP contribution in [0.5, 0.6) is 0 Å². The first kappa shape index (κ1) is 26.7. The van der Waals surface area contributed by atoms with Gasteiger partial charge in [0.1, 0.15) is 5.82 Å². The standard InChI is InChI=1S/C34H38FN3O2/c1-40-18-6-17-37-22-27(31-11-2-3-12-33(31)37)23-38(29-13-14-29)34(39)32-21-36-16-15-30(32)26-9-4-7-24(19-26)25-8-5-10-28(35)20-25/h2-5,7-12,19-20,22,29-30,32,36H,6,13-18,21,23H2,1H3/t30-,32+/m1/s1. The van der Waals surface area contributed by atoms with E-state index >= 15 is 0 Å². The van der Waals surface area contributed by atoms with E-state index in [-0.39, 0.29) is 23.6 Å². The predicted molar refractivity (Wildman–Crippen MR) is 158 cm³/mol. The molecule has 2 atom stereocenters. The van der Waals surface area contributed by atoms with Gasteiger partial charge in [-0.1, -0.05) is 54.6 Å². The van der Waals surface area contributed by atoms with Crippen LogP contribution >= 0.6 is 0 Å². The van der Waals surface area contributed by atoms with Crippen LogP contribution < -0.4 is 5.32 Å². The van der Waals surface area contributed by atoms with Crippen molar-refractivity contribution >= 4 is 16.8 Å². The Hall–Kier alpha value is -3.48. The predicted octanol–water partition coefficient (Wildman–Crippen LogP) is 6.37. The second-order valence-corrected chi connectivity index (χ2v) is 11.3. The SMILES string of the molecule is COCCCn1cc(CN(C(=O)[C@H]2CNCC[C@@H]2c2cccc(-c3cccc(F)c3)c2)C2CC2)c2ccccc21. The van der Waals surface area contributed by atoms with Gasteiger partial charge in [-0.05, 0) is 78.6 Å². The van der Waals surface area contributed by atoms with Crippen LogP contribution in [0.2, 0.25) is 0 Å². The molecule has 1 saturated heterocycles. The van der Waals surface area contributed by atoms with Gasteiger partial charge in [0, 0.05) is 56.5 Å². The smallest absolute Gasteiger partial charge is 0.228 e. The van der Waals surface area contributed by atoms with Crippen LogP contribution in [0.4, 0.5) is 4.39 Å². The third kappa shape index (κ3) is 5.70. The van der Waals surface area contributed by atoms with Crippen LogP contribution in [0.3, 0.4) is 0 Å². The van der Waals surface area contributed by atoms with Crippen molar-refractivity contribution in [2.24, 2.45) is 5.92 Å². The minimum Gasteiger partial charge on any atom is -0.385 e. The molecule has 0 bridgehead atoms. The number of methoxy groups -OCH3 is 1. The van der Waals surface area contributed by atoms with Gasteiger partial charge < -0.3 is 19.5 Å². The highest BCUT2D eigenvalue weighted by Crippen LogP contribution is 2.38. The number of para-hydroxylation sites is 1. The van der Waals surface area contributed by atoms with Crippen molar-refractivity contribution < 1.29 is 13.9 Å². The number of hydrogen-bond donors (Lipinski definition) is 1. The number of hydrogen-bond acceptors (Lipinski definition) is 3. The summed E-state index contributed by atoms with van der Waals surface area (Å²) in [6, 6.07) is 23.9. The summed E-state index contributed by atoms with van der Waals surface area (Å²) in [5.74, 6) is -0.00363. The number of nitrogens with one attached hydrogen (secondary N) is 1. The van der Waals surface area contributed by atoms with E-state index < -0.39 is 0 Å².